The van der Waals surface area contributed by atoms with Crippen LogP contribution in [0.3, 0.4) is 0 Å². The van der Waals surface area contributed by atoms with E-state index in [1.165, 1.54) is 21.3 Å². The highest BCUT2D eigenvalue weighted by molar-refractivity contribution is 7.89. The maximum absolute atomic E-state index is 13.3. The predicted molar refractivity (Wildman–Crippen MR) is 145 cm³/mol. The molecule has 2 aliphatic rings. The Balaban J connectivity index is 1.62. The van der Waals surface area contributed by atoms with Gasteiger partial charge in [-0.1, -0.05) is 35.3 Å². The van der Waals surface area contributed by atoms with Crippen LogP contribution in [-0.2, 0) is 19.6 Å². The maximum Gasteiger partial charge on any atom is 0.338 e. The van der Waals surface area contributed by atoms with Crippen LogP contribution in [0.5, 0.6) is 0 Å². The number of rotatable bonds is 7. The van der Waals surface area contributed by atoms with Gasteiger partial charge in [-0.15, -0.1) is 0 Å². The smallest absolute Gasteiger partial charge is 0.338 e. The fourth-order valence-electron chi connectivity index (χ4n) is 4.77. The van der Waals surface area contributed by atoms with E-state index in [4.69, 9.17) is 27.9 Å². The summed E-state index contributed by atoms with van der Waals surface area (Å²) >= 11 is 12.0. The van der Waals surface area contributed by atoms with Gasteiger partial charge in [-0.3, -0.25) is 9.80 Å². The van der Waals surface area contributed by atoms with Gasteiger partial charge in [0.05, 0.1) is 23.1 Å². The summed E-state index contributed by atoms with van der Waals surface area (Å²) in [7, 11) is -2.10. The molecule has 0 unspecified atom stereocenters. The number of urea groups is 1. The molecule has 0 aromatic heterocycles. The lowest BCUT2D eigenvalue weighted by Gasteiger charge is -2.41. The number of nitrogens with one attached hydrogen (secondary N) is 1. The number of carbonyl (C=O) groups excluding carboxylic acids is 2. The first-order chi connectivity index (χ1) is 18.0. The van der Waals surface area contributed by atoms with Crippen molar-refractivity contribution < 1.29 is 22.7 Å². The molecule has 204 valence electrons. The van der Waals surface area contributed by atoms with Crippen molar-refractivity contribution in [3.05, 3.63) is 75.4 Å². The molecule has 9 nitrogen and oxygen atoms in total. The number of amides is 2. The van der Waals surface area contributed by atoms with Crippen LogP contribution in [-0.4, -0.2) is 80.4 Å². The molecule has 2 heterocycles. The fourth-order valence-corrected chi connectivity index (χ4v) is 6.64. The van der Waals surface area contributed by atoms with Crippen LogP contribution >= 0.6 is 23.2 Å². The van der Waals surface area contributed by atoms with Crippen molar-refractivity contribution in [2.45, 2.75) is 30.8 Å². The highest BCUT2D eigenvalue weighted by Crippen LogP contribution is 2.33. The Morgan fingerprint density at radius 1 is 1.05 bits per heavy atom. The highest BCUT2D eigenvalue weighted by atomic mass is 35.5. The fraction of sp³-hybridized carbons (Fsp3) is 0.385. The number of carbonyl (C=O) groups is 2. The minimum absolute atomic E-state index is 0.179. The molecule has 1 N–H and O–H groups in total. The van der Waals surface area contributed by atoms with Gasteiger partial charge in [0.2, 0.25) is 10.0 Å². The normalized spacial score (nSPS) is 21.4. The Labute approximate surface area is 233 Å². The first-order valence-electron chi connectivity index (χ1n) is 12.2. The summed E-state index contributed by atoms with van der Waals surface area (Å²) in [6, 6.07) is 11.6. The molecule has 4 rings (SSSR count). The van der Waals surface area contributed by atoms with Crippen molar-refractivity contribution in [3.63, 3.8) is 0 Å². The zero-order valence-corrected chi connectivity index (χ0v) is 23.7. The van der Waals surface area contributed by atoms with Gasteiger partial charge in [0.25, 0.3) is 0 Å². The minimum Gasteiger partial charge on any atom is -0.463 e. The molecular formula is C26H30Cl2N4O5S. The number of benzene rings is 2. The molecule has 2 aromatic carbocycles. The topological polar surface area (TPSA) is 99.3 Å². The Morgan fingerprint density at radius 3 is 2.24 bits per heavy atom. The maximum atomic E-state index is 13.3. The van der Waals surface area contributed by atoms with E-state index in [0.717, 1.165) is 0 Å². The summed E-state index contributed by atoms with van der Waals surface area (Å²) in [6.07, 6.45) is 0. The van der Waals surface area contributed by atoms with Gasteiger partial charge in [-0.05, 0) is 55.8 Å². The summed E-state index contributed by atoms with van der Waals surface area (Å²) in [5.41, 5.74) is 1.54. The predicted octanol–water partition coefficient (Wildman–Crippen LogP) is 3.90. The first kappa shape index (κ1) is 28.4. The lowest BCUT2D eigenvalue weighted by atomic mass is 9.94. The number of hydrogen-bond acceptors (Lipinski definition) is 6. The molecule has 12 heteroatoms. The SMILES string of the molecule is CCOC(=O)C1=C(CN2CCN(S(=O)(=O)c3ccc(Cl)cc3)[C@H](C)C2)N(C)C(=O)N[C@H]1c1ccc(Cl)cc1. The van der Waals surface area contributed by atoms with Gasteiger partial charge < -0.3 is 10.1 Å². The van der Waals surface area contributed by atoms with Crippen LogP contribution in [0.2, 0.25) is 10.0 Å². The van der Waals surface area contributed by atoms with Gasteiger partial charge in [0.15, 0.2) is 0 Å². The van der Waals surface area contributed by atoms with E-state index < -0.39 is 22.0 Å². The molecule has 2 atom stereocenters. The zero-order chi connectivity index (χ0) is 27.6. The van der Waals surface area contributed by atoms with Gasteiger partial charge >= 0.3 is 12.0 Å². The van der Waals surface area contributed by atoms with E-state index in [9.17, 15) is 18.0 Å². The largest absolute Gasteiger partial charge is 0.463 e. The van der Waals surface area contributed by atoms with Gasteiger partial charge in [0, 0.05) is 55.0 Å². The van der Waals surface area contributed by atoms with Gasteiger partial charge in [0.1, 0.15) is 0 Å². The second-order valence-corrected chi connectivity index (χ2v) is 12.0. The number of piperazine rings is 1. The van der Waals surface area contributed by atoms with E-state index in [2.05, 4.69) is 5.32 Å². The average molecular weight is 582 g/mol. The van der Waals surface area contributed by atoms with Crippen LogP contribution in [0.25, 0.3) is 0 Å². The number of esters is 1. The zero-order valence-electron chi connectivity index (χ0n) is 21.4. The monoisotopic (exact) mass is 580 g/mol. The van der Waals surface area contributed by atoms with E-state index in [0.29, 0.717) is 40.0 Å². The summed E-state index contributed by atoms with van der Waals surface area (Å²) in [5, 5.41) is 3.89. The number of ether oxygens (including phenoxy) is 1. The molecule has 0 bridgehead atoms. The lowest BCUT2D eigenvalue weighted by molar-refractivity contribution is -0.139. The molecule has 1 fully saturated rings. The Bertz CT molecular complexity index is 1330. The molecule has 1 saturated heterocycles. The Morgan fingerprint density at radius 2 is 1.66 bits per heavy atom. The van der Waals surface area contributed by atoms with Crippen molar-refractivity contribution in [1.82, 2.24) is 19.4 Å². The molecule has 38 heavy (non-hydrogen) atoms. The number of sulfonamides is 1. The molecule has 0 aliphatic carbocycles. The van der Waals surface area contributed by atoms with Crippen molar-refractivity contribution in [3.8, 4) is 0 Å². The molecule has 2 amide bonds. The molecule has 2 aliphatic heterocycles. The van der Waals surface area contributed by atoms with Gasteiger partial charge in [-0.25, -0.2) is 18.0 Å². The number of nitrogens with zero attached hydrogens (tertiary/aromatic N) is 3. The summed E-state index contributed by atoms with van der Waals surface area (Å²) in [4.78, 5) is 29.8. The standard InChI is InChI=1S/C26H30Cl2N4O5S/c1-4-37-25(33)23-22(30(3)26(34)29-24(23)18-5-7-19(27)8-6-18)16-31-13-14-32(17(2)15-31)38(35,36)21-11-9-20(28)10-12-21/h5-12,17,24H,4,13-16H2,1-3H3,(H,29,34)/t17-,24+/m1/s1. The first-order valence-corrected chi connectivity index (χ1v) is 14.4. The van der Waals surface area contributed by atoms with Crippen LogP contribution in [0.1, 0.15) is 25.5 Å². The summed E-state index contributed by atoms with van der Waals surface area (Å²) < 4.78 is 33.4. The number of likely N-dealkylation sites (N-methyl/N-ethyl adjacent to an activating group) is 1. The highest BCUT2D eigenvalue weighted by Gasteiger charge is 2.39. The van der Waals surface area contributed by atoms with Crippen molar-refractivity contribution >= 4 is 45.2 Å². The van der Waals surface area contributed by atoms with Crippen molar-refractivity contribution in [2.24, 2.45) is 0 Å². The Hall–Kier alpha value is -2.63. The molecular weight excluding hydrogens is 551 g/mol. The average Bonchev–Trinajstić information content (AvgIpc) is 2.87. The van der Waals surface area contributed by atoms with Crippen molar-refractivity contribution in [1.29, 1.82) is 0 Å². The summed E-state index contributed by atoms with van der Waals surface area (Å²) in [5.74, 6) is -0.522. The number of halogens is 2. The molecule has 2 aromatic rings. The Kier molecular flexibility index (Phi) is 8.68. The molecule has 0 spiro atoms. The van der Waals surface area contributed by atoms with Crippen LogP contribution in [0, 0.1) is 0 Å². The second-order valence-electron chi connectivity index (χ2n) is 9.23. The van der Waals surface area contributed by atoms with Crippen LogP contribution in [0.15, 0.2) is 64.7 Å². The van der Waals surface area contributed by atoms with E-state index in [-0.39, 0.29) is 36.7 Å². The van der Waals surface area contributed by atoms with Crippen molar-refractivity contribution in [2.75, 3.05) is 39.8 Å². The third kappa shape index (κ3) is 5.84. The van der Waals surface area contributed by atoms with Crippen LogP contribution < -0.4 is 5.32 Å². The van der Waals surface area contributed by atoms with Crippen LogP contribution in [0.4, 0.5) is 4.79 Å². The quantitative estimate of drug-likeness (QED) is 0.498. The van der Waals surface area contributed by atoms with E-state index in [1.807, 2.05) is 11.8 Å². The summed E-state index contributed by atoms with van der Waals surface area (Å²) in [6.45, 7) is 5.09. The number of hydrogen-bond donors (Lipinski definition) is 1. The minimum atomic E-state index is -3.71. The lowest BCUT2D eigenvalue weighted by Crippen LogP contribution is -2.56. The second kappa shape index (κ2) is 11.6. The third-order valence-electron chi connectivity index (χ3n) is 6.72. The van der Waals surface area contributed by atoms with E-state index in [1.54, 1.807) is 50.4 Å². The van der Waals surface area contributed by atoms with E-state index >= 15 is 0 Å². The third-order valence-corrected chi connectivity index (χ3v) is 9.25. The molecule has 0 radical (unpaired) electrons. The van der Waals surface area contributed by atoms with Gasteiger partial charge in [-0.2, -0.15) is 4.31 Å². The molecule has 0 saturated carbocycles.